The van der Waals surface area contributed by atoms with Crippen LogP contribution in [0.25, 0.3) is 0 Å². The van der Waals surface area contributed by atoms with Gasteiger partial charge in [-0.25, -0.2) is 8.42 Å². The number of aromatic nitrogens is 2. The van der Waals surface area contributed by atoms with E-state index in [1.54, 1.807) is 4.68 Å². The number of hydrogen-bond donors (Lipinski definition) is 0. The average Bonchev–Trinajstić information content (AvgIpc) is 2.85. The third kappa shape index (κ3) is 2.96. The molecule has 2 rings (SSSR count). The van der Waals surface area contributed by atoms with Crippen molar-refractivity contribution in [3.63, 3.8) is 0 Å². The zero-order chi connectivity index (χ0) is 11.6. The molecule has 0 amide bonds. The summed E-state index contributed by atoms with van der Waals surface area (Å²) in [4.78, 5) is 2.41. The fourth-order valence-corrected chi connectivity index (χ4v) is 2.50. The second-order valence-corrected chi connectivity index (χ2v) is 6.49. The molecule has 0 aromatic carbocycles. The van der Waals surface area contributed by atoms with Gasteiger partial charge in [-0.2, -0.15) is 5.10 Å². The largest absolute Gasteiger partial charge is 0.301 e. The summed E-state index contributed by atoms with van der Waals surface area (Å²) in [6, 6.07) is 0. The lowest BCUT2D eigenvalue weighted by Crippen LogP contribution is -2.24. The van der Waals surface area contributed by atoms with Gasteiger partial charge in [0.15, 0.2) is 0 Å². The highest BCUT2D eigenvalue weighted by molar-refractivity contribution is 8.13. The minimum atomic E-state index is -3.64. The Morgan fingerprint density at radius 2 is 2.00 bits per heavy atom. The Labute approximate surface area is 99.4 Å². The highest BCUT2D eigenvalue weighted by Gasteiger charge is 2.14. The molecule has 0 saturated carbocycles. The van der Waals surface area contributed by atoms with Crippen molar-refractivity contribution in [2.75, 3.05) is 19.6 Å². The topological polar surface area (TPSA) is 55.2 Å². The summed E-state index contributed by atoms with van der Waals surface area (Å²) >= 11 is 0. The monoisotopic (exact) mass is 263 g/mol. The first-order valence-electron chi connectivity index (χ1n) is 5.25. The minimum absolute atomic E-state index is 0.0654. The number of hydrogen-bond acceptors (Lipinski definition) is 4. The standard InChI is InChI=1S/C9H14ClN3O2S/c10-16(14,15)9-7-11-13(8-9)6-5-12-3-1-2-4-12/h7-8H,1-6H2. The predicted octanol–water partition coefficient (Wildman–Crippen LogP) is 0.906. The summed E-state index contributed by atoms with van der Waals surface area (Å²) in [5, 5.41) is 3.97. The van der Waals surface area contributed by atoms with Crippen LogP contribution in [-0.4, -0.2) is 42.7 Å². The Balaban J connectivity index is 1.92. The second kappa shape index (κ2) is 4.73. The molecule has 16 heavy (non-hydrogen) atoms. The summed E-state index contributed by atoms with van der Waals surface area (Å²) in [7, 11) is 1.56. The molecule has 2 heterocycles. The molecule has 0 spiro atoms. The first-order chi connectivity index (χ1) is 7.55. The van der Waals surface area contributed by atoms with Crippen LogP contribution in [0.1, 0.15) is 12.8 Å². The summed E-state index contributed by atoms with van der Waals surface area (Å²) < 4.78 is 23.6. The molecule has 90 valence electrons. The van der Waals surface area contributed by atoms with Crippen LogP contribution in [0.3, 0.4) is 0 Å². The van der Waals surface area contributed by atoms with Gasteiger partial charge >= 0.3 is 0 Å². The highest BCUT2D eigenvalue weighted by atomic mass is 35.7. The zero-order valence-electron chi connectivity index (χ0n) is 8.84. The molecule has 1 aliphatic rings. The van der Waals surface area contributed by atoms with Crippen LogP contribution in [0.4, 0.5) is 0 Å². The summed E-state index contributed by atoms with van der Waals surface area (Å²) in [6.45, 7) is 3.86. The van der Waals surface area contributed by atoms with Crippen molar-refractivity contribution in [2.24, 2.45) is 0 Å². The fraction of sp³-hybridized carbons (Fsp3) is 0.667. The third-order valence-corrected chi connectivity index (χ3v) is 4.04. The highest BCUT2D eigenvalue weighted by Crippen LogP contribution is 2.13. The van der Waals surface area contributed by atoms with Gasteiger partial charge in [0.2, 0.25) is 0 Å². The van der Waals surface area contributed by atoms with Crippen LogP contribution in [0.5, 0.6) is 0 Å². The van der Waals surface area contributed by atoms with Crippen LogP contribution < -0.4 is 0 Å². The van der Waals surface area contributed by atoms with Gasteiger partial charge in [0.05, 0.1) is 12.7 Å². The molecule has 5 nitrogen and oxygen atoms in total. The smallest absolute Gasteiger partial charge is 0.264 e. The van der Waals surface area contributed by atoms with Crippen molar-refractivity contribution in [3.8, 4) is 0 Å². The molecule has 0 unspecified atom stereocenters. The van der Waals surface area contributed by atoms with E-state index in [-0.39, 0.29) is 4.90 Å². The van der Waals surface area contributed by atoms with E-state index in [9.17, 15) is 8.42 Å². The number of likely N-dealkylation sites (tertiary alicyclic amines) is 1. The first-order valence-corrected chi connectivity index (χ1v) is 7.56. The van der Waals surface area contributed by atoms with Crippen LogP contribution >= 0.6 is 10.7 Å². The maximum atomic E-state index is 11.0. The summed E-state index contributed by atoms with van der Waals surface area (Å²) in [6.07, 6.45) is 5.26. The van der Waals surface area contributed by atoms with Crippen molar-refractivity contribution < 1.29 is 8.42 Å². The van der Waals surface area contributed by atoms with E-state index in [1.165, 1.54) is 25.2 Å². The maximum Gasteiger partial charge on any atom is 0.264 e. The van der Waals surface area contributed by atoms with E-state index >= 15 is 0 Å². The van der Waals surface area contributed by atoms with Gasteiger partial charge in [0.25, 0.3) is 9.05 Å². The molecule has 1 aromatic heterocycles. The zero-order valence-corrected chi connectivity index (χ0v) is 10.4. The Morgan fingerprint density at radius 3 is 2.56 bits per heavy atom. The van der Waals surface area contributed by atoms with E-state index in [1.807, 2.05) is 0 Å². The molecule has 0 radical (unpaired) electrons. The molecule has 0 atom stereocenters. The van der Waals surface area contributed by atoms with Gasteiger partial charge < -0.3 is 4.90 Å². The first kappa shape index (κ1) is 11.9. The van der Waals surface area contributed by atoms with E-state index in [2.05, 4.69) is 10.00 Å². The Morgan fingerprint density at radius 1 is 1.31 bits per heavy atom. The van der Waals surface area contributed by atoms with Gasteiger partial charge in [-0.1, -0.05) is 0 Å². The average molecular weight is 264 g/mol. The minimum Gasteiger partial charge on any atom is -0.301 e. The Kier molecular flexibility index (Phi) is 3.51. The van der Waals surface area contributed by atoms with Crippen molar-refractivity contribution in [3.05, 3.63) is 12.4 Å². The number of nitrogens with zero attached hydrogens (tertiary/aromatic N) is 3. The van der Waals surface area contributed by atoms with Crippen LogP contribution in [0.15, 0.2) is 17.3 Å². The summed E-state index contributed by atoms with van der Waals surface area (Å²) in [5.74, 6) is 0. The maximum absolute atomic E-state index is 11.0. The summed E-state index contributed by atoms with van der Waals surface area (Å²) in [5.41, 5.74) is 0. The Bertz CT molecular complexity index is 451. The molecule has 1 aliphatic heterocycles. The quantitative estimate of drug-likeness (QED) is 0.758. The van der Waals surface area contributed by atoms with Crippen LogP contribution in [0, 0.1) is 0 Å². The van der Waals surface area contributed by atoms with Gasteiger partial charge in [-0.05, 0) is 25.9 Å². The van der Waals surface area contributed by atoms with E-state index in [0.29, 0.717) is 6.54 Å². The van der Waals surface area contributed by atoms with Gasteiger partial charge in [0, 0.05) is 23.4 Å². The molecular weight excluding hydrogens is 250 g/mol. The lowest BCUT2D eigenvalue weighted by molar-refractivity contribution is 0.315. The Hall–Kier alpha value is -0.590. The number of rotatable bonds is 4. The fourth-order valence-electron chi connectivity index (χ4n) is 1.84. The number of halogens is 1. The predicted molar refractivity (Wildman–Crippen MR) is 60.9 cm³/mol. The third-order valence-electron chi connectivity index (χ3n) is 2.74. The van der Waals surface area contributed by atoms with E-state index in [4.69, 9.17) is 10.7 Å². The second-order valence-electron chi connectivity index (χ2n) is 3.93. The van der Waals surface area contributed by atoms with Gasteiger partial charge in [0.1, 0.15) is 4.90 Å². The van der Waals surface area contributed by atoms with Crippen LogP contribution in [0.2, 0.25) is 0 Å². The van der Waals surface area contributed by atoms with E-state index < -0.39 is 9.05 Å². The molecule has 0 bridgehead atoms. The van der Waals surface area contributed by atoms with Crippen molar-refractivity contribution in [2.45, 2.75) is 24.3 Å². The van der Waals surface area contributed by atoms with Gasteiger partial charge in [-0.15, -0.1) is 0 Å². The van der Waals surface area contributed by atoms with Crippen molar-refractivity contribution in [1.82, 2.24) is 14.7 Å². The van der Waals surface area contributed by atoms with Gasteiger partial charge in [-0.3, -0.25) is 4.68 Å². The molecule has 7 heteroatoms. The lowest BCUT2D eigenvalue weighted by Gasteiger charge is -2.13. The molecule has 1 fully saturated rings. The van der Waals surface area contributed by atoms with Crippen LogP contribution in [-0.2, 0) is 15.6 Å². The van der Waals surface area contributed by atoms with Crippen molar-refractivity contribution in [1.29, 1.82) is 0 Å². The van der Waals surface area contributed by atoms with Crippen molar-refractivity contribution >= 4 is 19.7 Å². The molecule has 0 aliphatic carbocycles. The van der Waals surface area contributed by atoms with E-state index in [0.717, 1.165) is 19.6 Å². The normalized spacial score (nSPS) is 18.1. The SMILES string of the molecule is O=S(=O)(Cl)c1cnn(CCN2CCCC2)c1. The molecular formula is C9H14ClN3O2S. The molecule has 0 N–H and O–H groups in total. The molecule has 1 saturated heterocycles. The molecule has 1 aromatic rings. The lowest BCUT2D eigenvalue weighted by atomic mass is 10.4.